The molecule has 2 aromatic heterocycles. The minimum Gasteiger partial charge on any atom is -0.381 e. The fourth-order valence-electron chi connectivity index (χ4n) is 5.06. The summed E-state index contributed by atoms with van der Waals surface area (Å²) in [6, 6.07) is 10.4. The molecule has 1 saturated heterocycles. The van der Waals surface area contributed by atoms with Crippen molar-refractivity contribution in [1.82, 2.24) is 15.3 Å². The third-order valence-corrected chi connectivity index (χ3v) is 7.70. The van der Waals surface area contributed by atoms with Crippen LogP contribution in [0.4, 0.5) is 5.69 Å². The van der Waals surface area contributed by atoms with Gasteiger partial charge < -0.3 is 19.9 Å². The first-order chi connectivity index (χ1) is 17.8. The Labute approximate surface area is 226 Å². The molecule has 1 fully saturated rings. The summed E-state index contributed by atoms with van der Waals surface area (Å²) in [5.41, 5.74) is 7.48. The van der Waals surface area contributed by atoms with E-state index in [1.807, 2.05) is 51.2 Å². The molecular formula is C29H35BrN4O3. The van der Waals surface area contributed by atoms with Crippen molar-refractivity contribution < 1.29 is 9.53 Å². The maximum Gasteiger partial charge on any atom is 0.253 e. The number of aromatic nitrogens is 2. The smallest absolute Gasteiger partial charge is 0.253 e. The Hall–Kier alpha value is -2.97. The second-order valence-electron chi connectivity index (χ2n) is 9.60. The molecule has 0 spiro atoms. The molecule has 37 heavy (non-hydrogen) atoms. The van der Waals surface area contributed by atoms with Crippen molar-refractivity contribution in [3.8, 4) is 11.1 Å². The number of alkyl halides is 1. The second-order valence-corrected chi connectivity index (χ2v) is 10.2. The Morgan fingerprint density at radius 1 is 1.16 bits per heavy atom. The molecule has 0 saturated carbocycles. The highest BCUT2D eigenvalue weighted by molar-refractivity contribution is 9.08. The van der Waals surface area contributed by atoms with Crippen LogP contribution in [0.5, 0.6) is 0 Å². The fraction of sp³-hybridized carbons (Fsp3) is 0.414. The van der Waals surface area contributed by atoms with Crippen LogP contribution in [0.1, 0.15) is 58.2 Å². The van der Waals surface area contributed by atoms with Crippen molar-refractivity contribution in [2.24, 2.45) is 0 Å². The molecule has 196 valence electrons. The van der Waals surface area contributed by atoms with Gasteiger partial charge in [0.05, 0.1) is 5.69 Å². The minimum atomic E-state index is -0.201. The van der Waals surface area contributed by atoms with E-state index < -0.39 is 0 Å². The van der Waals surface area contributed by atoms with Gasteiger partial charge in [-0.15, -0.1) is 0 Å². The predicted octanol–water partition coefficient (Wildman–Crippen LogP) is 5.19. The summed E-state index contributed by atoms with van der Waals surface area (Å²) in [4.78, 5) is 35.8. The van der Waals surface area contributed by atoms with E-state index >= 15 is 0 Å². The summed E-state index contributed by atoms with van der Waals surface area (Å²) >= 11 is 3.46. The number of pyridine rings is 2. The average molecular weight is 568 g/mol. The molecular weight excluding hydrogens is 532 g/mol. The van der Waals surface area contributed by atoms with Crippen LogP contribution in [0.2, 0.25) is 0 Å². The molecule has 1 aromatic carbocycles. The van der Waals surface area contributed by atoms with Gasteiger partial charge in [-0.3, -0.25) is 14.6 Å². The largest absolute Gasteiger partial charge is 0.381 e. The van der Waals surface area contributed by atoms with Crippen LogP contribution in [0.25, 0.3) is 11.1 Å². The van der Waals surface area contributed by atoms with Crippen molar-refractivity contribution in [2.75, 3.05) is 24.7 Å². The number of ether oxygens (including phenoxy) is 1. The van der Waals surface area contributed by atoms with Crippen molar-refractivity contribution in [2.45, 2.75) is 58.5 Å². The molecule has 7 nitrogen and oxygen atoms in total. The third-order valence-electron chi connectivity index (χ3n) is 7.12. The lowest BCUT2D eigenvalue weighted by Gasteiger charge is -2.37. The molecule has 0 aliphatic carbocycles. The average Bonchev–Trinajstić information content (AvgIpc) is 2.90. The minimum absolute atomic E-state index is 0.165. The number of nitrogens with one attached hydrogen (secondary N) is 2. The maximum absolute atomic E-state index is 13.6. The summed E-state index contributed by atoms with van der Waals surface area (Å²) in [5, 5.41) is 3.68. The van der Waals surface area contributed by atoms with Gasteiger partial charge in [0, 0.05) is 71.9 Å². The number of aromatic amines is 1. The lowest BCUT2D eigenvalue weighted by atomic mass is 9.95. The summed E-state index contributed by atoms with van der Waals surface area (Å²) in [6.07, 6.45) is 3.76. The van der Waals surface area contributed by atoms with Crippen LogP contribution in [0, 0.1) is 20.8 Å². The number of amides is 1. The van der Waals surface area contributed by atoms with Gasteiger partial charge in [-0.05, 0) is 81.5 Å². The lowest BCUT2D eigenvalue weighted by Crippen LogP contribution is -2.40. The molecule has 8 heteroatoms. The zero-order valence-corrected chi connectivity index (χ0v) is 23.6. The number of anilines is 1. The molecule has 1 aliphatic rings. The first-order valence-corrected chi connectivity index (χ1v) is 13.9. The zero-order chi connectivity index (χ0) is 26.5. The molecule has 3 heterocycles. The van der Waals surface area contributed by atoms with E-state index in [1.54, 1.807) is 0 Å². The topological polar surface area (TPSA) is 87.3 Å². The quantitative estimate of drug-likeness (QED) is 0.366. The molecule has 1 amide bonds. The highest BCUT2D eigenvalue weighted by atomic mass is 79.9. The van der Waals surface area contributed by atoms with E-state index in [0.717, 1.165) is 71.9 Å². The normalized spacial score (nSPS) is 14.0. The number of H-pyrrole nitrogens is 1. The van der Waals surface area contributed by atoms with E-state index in [9.17, 15) is 9.59 Å². The SMILES string of the molecule is CCN(c1cc(-c2ccc(CBr)nc2)cc(C(=O)NCc2c(C)cc(C)[nH]c2=O)c1C)C1CCOCC1. The number of benzene rings is 1. The number of carbonyl (C=O) groups is 1. The molecule has 3 aromatic rings. The van der Waals surface area contributed by atoms with Crippen LogP contribution >= 0.6 is 15.9 Å². The van der Waals surface area contributed by atoms with Crippen LogP contribution < -0.4 is 15.8 Å². The molecule has 0 bridgehead atoms. The van der Waals surface area contributed by atoms with Gasteiger partial charge in [-0.1, -0.05) is 22.0 Å². The van der Waals surface area contributed by atoms with Crippen molar-refractivity contribution in [1.29, 1.82) is 0 Å². The molecule has 0 radical (unpaired) electrons. The van der Waals surface area contributed by atoms with Gasteiger partial charge in [-0.2, -0.15) is 0 Å². The number of hydrogen-bond donors (Lipinski definition) is 2. The van der Waals surface area contributed by atoms with Crippen molar-refractivity contribution in [3.63, 3.8) is 0 Å². The third kappa shape index (κ3) is 6.13. The Balaban J connectivity index is 1.73. The maximum atomic E-state index is 13.6. The molecule has 0 unspecified atom stereocenters. The van der Waals surface area contributed by atoms with Crippen LogP contribution in [-0.2, 0) is 16.6 Å². The molecule has 0 atom stereocenters. The van der Waals surface area contributed by atoms with E-state index in [2.05, 4.69) is 49.1 Å². The van der Waals surface area contributed by atoms with Crippen LogP contribution in [-0.4, -0.2) is 41.7 Å². The zero-order valence-electron chi connectivity index (χ0n) is 22.0. The van der Waals surface area contributed by atoms with Gasteiger partial charge in [-0.25, -0.2) is 0 Å². The number of hydrogen-bond acceptors (Lipinski definition) is 5. The molecule has 1 aliphatic heterocycles. The Morgan fingerprint density at radius 2 is 1.92 bits per heavy atom. The standard InChI is InChI=1S/C29H35BrN4O3/c1-5-34(24-8-10-37-11-9-24)27-14-22(21-6-7-23(15-30)31-16-21)13-25(20(27)4)28(35)32-17-26-18(2)12-19(3)33-29(26)36/h6-7,12-14,16,24H,5,8-11,15,17H2,1-4H3,(H,32,35)(H,33,36). The number of rotatable bonds is 8. The first kappa shape index (κ1) is 27.1. The van der Waals surface area contributed by atoms with E-state index in [1.165, 1.54) is 0 Å². The lowest BCUT2D eigenvalue weighted by molar-refractivity contribution is 0.0846. The number of carbonyl (C=O) groups excluding carboxylic acids is 1. The van der Waals surface area contributed by atoms with Crippen LogP contribution in [0.15, 0.2) is 41.3 Å². The number of aryl methyl sites for hydroxylation is 2. The number of nitrogens with zero attached hydrogens (tertiary/aromatic N) is 2. The Bertz CT molecular complexity index is 1310. The summed E-state index contributed by atoms with van der Waals surface area (Å²) in [7, 11) is 0. The van der Waals surface area contributed by atoms with E-state index in [-0.39, 0.29) is 18.0 Å². The van der Waals surface area contributed by atoms with Gasteiger partial charge in [0.1, 0.15) is 0 Å². The molecule has 2 N–H and O–H groups in total. The predicted molar refractivity (Wildman–Crippen MR) is 152 cm³/mol. The highest BCUT2D eigenvalue weighted by Crippen LogP contribution is 2.33. The van der Waals surface area contributed by atoms with Gasteiger partial charge in [0.2, 0.25) is 0 Å². The fourth-order valence-corrected chi connectivity index (χ4v) is 5.39. The second kappa shape index (κ2) is 12.0. The van der Waals surface area contributed by atoms with Gasteiger partial charge >= 0.3 is 0 Å². The van der Waals surface area contributed by atoms with E-state index in [4.69, 9.17) is 4.74 Å². The molecule has 4 rings (SSSR count). The summed E-state index contributed by atoms with van der Waals surface area (Å²) in [5.74, 6) is -0.201. The van der Waals surface area contributed by atoms with Crippen LogP contribution in [0.3, 0.4) is 0 Å². The Morgan fingerprint density at radius 3 is 2.54 bits per heavy atom. The summed E-state index contributed by atoms with van der Waals surface area (Å²) in [6.45, 7) is 10.4. The summed E-state index contributed by atoms with van der Waals surface area (Å²) < 4.78 is 5.61. The van der Waals surface area contributed by atoms with Gasteiger partial charge in [0.15, 0.2) is 0 Å². The first-order valence-electron chi connectivity index (χ1n) is 12.8. The Kier molecular flexibility index (Phi) is 8.82. The monoisotopic (exact) mass is 566 g/mol. The van der Waals surface area contributed by atoms with E-state index in [0.29, 0.717) is 22.5 Å². The van der Waals surface area contributed by atoms with Crippen molar-refractivity contribution >= 4 is 27.5 Å². The van der Waals surface area contributed by atoms with Crippen molar-refractivity contribution in [3.05, 3.63) is 80.5 Å². The highest BCUT2D eigenvalue weighted by Gasteiger charge is 2.25. The number of halogens is 1. The van der Waals surface area contributed by atoms with Gasteiger partial charge in [0.25, 0.3) is 11.5 Å².